The van der Waals surface area contributed by atoms with Crippen LogP contribution in [0.3, 0.4) is 0 Å². The molecule has 0 radical (unpaired) electrons. The number of nitrogens with zero attached hydrogens (tertiary/aromatic N) is 1. The van der Waals surface area contributed by atoms with Gasteiger partial charge in [-0.15, -0.1) is 0 Å². The highest BCUT2D eigenvalue weighted by Gasteiger charge is 2.36. The summed E-state index contributed by atoms with van der Waals surface area (Å²) >= 11 is 0. The van der Waals surface area contributed by atoms with E-state index < -0.39 is 10.0 Å². The van der Waals surface area contributed by atoms with Crippen LogP contribution in [0, 0.1) is 0 Å². The fourth-order valence-corrected chi connectivity index (χ4v) is 3.92. The summed E-state index contributed by atoms with van der Waals surface area (Å²) in [6.07, 6.45) is 5.69. The molecule has 94 valence electrons. The topological polar surface area (TPSA) is 49.4 Å². The lowest BCUT2D eigenvalue weighted by atomic mass is 9.83. The second kappa shape index (κ2) is 4.63. The predicted octanol–water partition coefficient (Wildman–Crippen LogP) is 0.941. The molecule has 2 rings (SSSR count). The summed E-state index contributed by atoms with van der Waals surface area (Å²) in [5, 5.41) is 0. The van der Waals surface area contributed by atoms with Crippen molar-refractivity contribution in [3.8, 4) is 0 Å². The Hall–Kier alpha value is -0.130. The Bertz CT molecular complexity index is 328. The van der Waals surface area contributed by atoms with Crippen LogP contribution < -0.4 is 4.72 Å². The zero-order valence-electron chi connectivity index (χ0n) is 10.1. The zero-order chi connectivity index (χ0) is 11.8. The lowest BCUT2D eigenvalue weighted by Crippen LogP contribution is -2.55. The van der Waals surface area contributed by atoms with Crippen molar-refractivity contribution in [3.05, 3.63) is 0 Å². The van der Waals surface area contributed by atoms with Gasteiger partial charge < -0.3 is 4.90 Å². The molecule has 2 aliphatic heterocycles. The van der Waals surface area contributed by atoms with Crippen molar-refractivity contribution in [2.75, 3.05) is 12.8 Å². The minimum atomic E-state index is -3.04. The van der Waals surface area contributed by atoms with Crippen molar-refractivity contribution in [2.45, 2.75) is 57.2 Å². The first-order valence-corrected chi connectivity index (χ1v) is 7.89. The Morgan fingerprint density at radius 1 is 1.25 bits per heavy atom. The van der Waals surface area contributed by atoms with Gasteiger partial charge in [0.25, 0.3) is 0 Å². The normalized spacial score (nSPS) is 36.2. The highest BCUT2D eigenvalue weighted by atomic mass is 32.2. The van der Waals surface area contributed by atoms with Gasteiger partial charge in [0, 0.05) is 18.1 Å². The van der Waals surface area contributed by atoms with E-state index in [9.17, 15) is 8.42 Å². The fourth-order valence-electron chi connectivity index (χ4n) is 3.05. The summed E-state index contributed by atoms with van der Waals surface area (Å²) in [5.74, 6) is 0.189. The summed E-state index contributed by atoms with van der Waals surface area (Å²) < 4.78 is 25.9. The van der Waals surface area contributed by atoms with Crippen LogP contribution in [-0.4, -0.2) is 44.2 Å². The second-order valence-corrected chi connectivity index (χ2v) is 7.14. The minimum Gasteiger partial charge on any atom is -0.300 e. The molecular weight excluding hydrogens is 224 g/mol. The molecule has 16 heavy (non-hydrogen) atoms. The fraction of sp³-hybridized carbons (Fsp3) is 1.00. The Morgan fingerprint density at radius 2 is 1.81 bits per heavy atom. The van der Waals surface area contributed by atoms with E-state index >= 15 is 0 Å². The Morgan fingerprint density at radius 3 is 2.31 bits per heavy atom. The molecule has 4 nitrogen and oxygen atoms in total. The molecule has 1 N–H and O–H groups in total. The smallest absolute Gasteiger partial charge is 0.211 e. The molecular formula is C11H22N2O2S. The van der Waals surface area contributed by atoms with Crippen molar-refractivity contribution in [2.24, 2.45) is 0 Å². The van der Waals surface area contributed by atoms with E-state index in [1.807, 2.05) is 0 Å². The Balaban J connectivity index is 2.00. The minimum absolute atomic E-state index is 0.163. The lowest BCUT2D eigenvalue weighted by Gasteiger charge is -2.47. The van der Waals surface area contributed by atoms with Crippen LogP contribution in [-0.2, 0) is 10.0 Å². The maximum absolute atomic E-state index is 11.5. The van der Waals surface area contributed by atoms with Crippen LogP contribution in [0.2, 0.25) is 0 Å². The van der Waals surface area contributed by atoms with E-state index in [1.165, 1.54) is 19.3 Å². The summed E-state index contributed by atoms with van der Waals surface area (Å²) in [6, 6.07) is 1.32. The molecule has 2 bridgehead atoms. The van der Waals surface area contributed by atoms with E-state index in [1.54, 1.807) is 6.92 Å². The van der Waals surface area contributed by atoms with E-state index in [0.29, 0.717) is 12.1 Å². The largest absolute Gasteiger partial charge is 0.300 e. The van der Waals surface area contributed by atoms with Crippen molar-refractivity contribution in [1.82, 2.24) is 9.62 Å². The average Bonchev–Trinajstić information content (AvgIpc) is 2.19. The van der Waals surface area contributed by atoms with Gasteiger partial charge in [-0.25, -0.2) is 13.1 Å². The molecule has 0 aromatic heterocycles. The summed E-state index contributed by atoms with van der Waals surface area (Å²) in [6.45, 7) is 1.69. The highest BCUT2D eigenvalue weighted by molar-refractivity contribution is 7.89. The maximum Gasteiger partial charge on any atom is 0.211 e. The van der Waals surface area contributed by atoms with Crippen LogP contribution in [0.4, 0.5) is 0 Å². The SMILES string of the molecule is CCS(=O)(=O)NC1CC2CCCC(C1)N2C. The third kappa shape index (κ3) is 2.57. The van der Waals surface area contributed by atoms with E-state index in [-0.39, 0.29) is 11.8 Å². The summed E-state index contributed by atoms with van der Waals surface area (Å²) in [4.78, 5) is 2.44. The van der Waals surface area contributed by atoms with Gasteiger partial charge in [0.1, 0.15) is 0 Å². The third-order valence-electron chi connectivity index (χ3n) is 4.07. The number of sulfonamides is 1. The van der Waals surface area contributed by atoms with Gasteiger partial charge in [-0.2, -0.15) is 0 Å². The molecule has 2 atom stereocenters. The van der Waals surface area contributed by atoms with Gasteiger partial charge >= 0.3 is 0 Å². The number of piperidine rings is 2. The van der Waals surface area contributed by atoms with Gasteiger partial charge in [0.15, 0.2) is 0 Å². The standard InChI is InChI=1S/C11H22N2O2S/c1-3-16(14,15)12-9-7-10-5-4-6-11(8-9)13(10)2/h9-12H,3-8H2,1-2H3. The van der Waals surface area contributed by atoms with E-state index in [2.05, 4.69) is 16.7 Å². The molecule has 5 heteroatoms. The first-order valence-electron chi connectivity index (χ1n) is 6.24. The first-order chi connectivity index (χ1) is 7.52. The van der Waals surface area contributed by atoms with Gasteiger partial charge in [-0.3, -0.25) is 0 Å². The summed E-state index contributed by atoms with van der Waals surface area (Å²) in [5.41, 5.74) is 0. The Kier molecular flexibility index (Phi) is 3.56. The molecule has 0 spiro atoms. The lowest BCUT2D eigenvalue weighted by molar-refractivity contribution is 0.0536. The van der Waals surface area contributed by atoms with Gasteiger partial charge in [-0.05, 0) is 39.7 Å². The zero-order valence-corrected chi connectivity index (χ0v) is 11.0. The molecule has 2 heterocycles. The number of hydrogen-bond donors (Lipinski definition) is 1. The quantitative estimate of drug-likeness (QED) is 0.806. The van der Waals surface area contributed by atoms with Crippen LogP contribution in [0.25, 0.3) is 0 Å². The average molecular weight is 246 g/mol. The first kappa shape index (κ1) is 12.3. The Labute approximate surface area is 98.4 Å². The van der Waals surface area contributed by atoms with Gasteiger partial charge in [-0.1, -0.05) is 6.42 Å². The van der Waals surface area contributed by atoms with Crippen LogP contribution in [0.5, 0.6) is 0 Å². The van der Waals surface area contributed by atoms with Crippen molar-refractivity contribution >= 4 is 10.0 Å². The molecule has 0 aliphatic carbocycles. The van der Waals surface area contributed by atoms with E-state index in [4.69, 9.17) is 0 Å². The number of fused-ring (bicyclic) bond motifs is 2. The second-order valence-electron chi connectivity index (χ2n) is 5.09. The molecule has 0 amide bonds. The van der Waals surface area contributed by atoms with Crippen molar-refractivity contribution in [1.29, 1.82) is 0 Å². The molecule has 0 aromatic carbocycles. The van der Waals surface area contributed by atoms with Crippen molar-refractivity contribution in [3.63, 3.8) is 0 Å². The van der Waals surface area contributed by atoms with Gasteiger partial charge in [0.05, 0.1) is 5.75 Å². The van der Waals surface area contributed by atoms with Crippen molar-refractivity contribution < 1.29 is 8.42 Å². The number of hydrogen-bond acceptors (Lipinski definition) is 3. The maximum atomic E-state index is 11.5. The van der Waals surface area contributed by atoms with Crippen LogP contribution >= 0.6 is 0 Å². The number of nitrogens with one attached hydrogen (secondary N) is 1. The summed E-state index contributed by atoms with van der Waals surface area (Å²) in [7, 11) is -0.856. The molecule has 2 saturated heterocycles. The van der Waals surface area contributed by atoms with Crippen LogP contribution in [0.1, 0.15) is 39.0 Å². The third-order valence-corrected chi connectivity index (χ3v) is 5.52. The van der Waals surface area contributed by atoms with E-state index in [0.717, 1.165) is 12.8 Å². The monoisotopic (exact) mass is 246 g/mol. The molecule has 0 aromatic rings. The number of rotatable bonds is 3. The van der Waals surface area contributed by atoms with Crippen LogP contribution in [0.15, 0.2) is 0 Å². The predicted molar refractivity (Wildman–Crippen MR) is 64.8 cm³/mol. The van der Waals surface area contributed by atoms with Gasteiger partial charge in [0.2, 0.25) is 10.0 Å². The highest BCUT2D eigenvalue weighted by Crippen LogP contribution is 2.32. The molecule has 2 aliphatic rings. The molecule has 2 fully saturated rings. The molecule has 0 saturated carbocycles. The molecule has 2 unspecified atom stereocenters.